The number of benzene rings is 1. The molecule has 0 spiro atoms. The van der Waals surface area contributed by atoms with Gasteiger partial charge in [-0.25, -0.2) is 0 Å². The summed E-state index contributed by atoms with van der Waals surface area (Å²) in [5.41, 5.74) is 0.799. The maximum atomic E-state index is 12.0. The Kier molecular flexibility index (Phi) is 4.67. The van der Waals surface area contributed by atoms with Gasteiger partial charge in [0.1, 0.15) is 4.32 Å². The molecule has 0 N–H and O–H groups in total. The minimum atomic E-state index is -0.0936. The third-order valence-electron chi connectivity index (χ3n) is 2.79. The second-order valence-corrected chi connectivity index (χ2v) is 5.73. The van der Waals surface area contributed by atoms with E-state index in [4.69, 9.17) is 21.7 Å². The minimum absolute atomic E-state index is 0.0936. The van der Waals surface area contributed by atoms with E-state index in [0.29, 0.717) is 27.3 Å². The van der Waals surface area contributed by atoms with Crippen molar-refractivity contribution in [3.8, 4) is 11.5 Å². The molecule has 1 aromatic rings. The Morgan fingerprint density at radius 3 is 2.75 bits per heavy atom. The number of carbonyl (C=O) groups excluding carboxylic acids is 1. The number of hydrogen-bond acceptors (Lipinski definition) is 5. The van der Waals surface area contributed by atoms with Gasteiger partial charge in [0, 0.05) is 12.6 Å². The Balaban J connectivity index is 2.41. The fourth-order valence-electron chi connectivity index (χ4n) is 1.82. The second-order valence-electron chi connectivity index (χ2n) is 4.05. The van der Waals surface area contributed by atoms with E-state index in [9.17, 15) is 4.79 Å². The van der Waals surface area contributed by atoms with Gasteiger partial charge in [-0.3, -0.25) is 9.69 Å². The third kappa shape index (κ3) is 2.81. The van der Waals surface area contributed by atoms with Crippen LogP contribution in [-0.4, -0.2) is 35.9 Å². The molecule has 2 rings (SSSR count). The first-order chi connectivity index (χ1) is 9.58. The number of carbonyl (C=O) groups is 1. The van der Waals surface area contributed by atoms with E-state index >= 15 is 0 Å². The number of rotatable bonds is 4. The van der Waals surface area contributed by atoms with Gasteiger partial charge in [-0.15, -0.1) is 0 Å². The molecule has 1 aliphatic rings. The predicted octanol–water partition coefficient (Wildman–Crippen LogP) is 2.92. The molecule has 6 heteroatoms. The quantitative estimate of drug-likeness (QED) is 0.631. The zero-order chi connectivity index (χ0) is 14.7. The first-order valence-corrected chi connectivity index (χ1v) is 7.32. The van der Waals surface area contributed by atoms with Crippen molar-refractivity contribution in [1.29, 1.82) is 0 Å². The van der Waals surface area contributed by atoms with E-state index in [1.54, 1.807) is 20.2 Å². The van der Waals surface area contributed by atoms with Crippen LogP contribution in [0.2, 0.25) is 0 Å². The highest BCUT2D eigenvalue weighted by Gasteiger charge is 2.29. The van der Waals surface area contributed by atoms with Crippen LogP contribution in [0.3, 0.4) is 0 Å². The van der Waals surface area contributed by atoms with Crippen molar-refractivity contribution in [3.05, 3.63) is 28.7 Å². The largest absolute Gasteiger partial charge is 0.492 e. The van der Waals surface area contributed by atoms with Crippen LogP contribution in [0.15, 0.2) is 23.1 Å². The first-order valence-electron chi connectivity index (χ1n) is 6.09. The zero-order valence-corrected chi connectivity index (χ0v) is 13.1. The second kappa shape index (κ2) is 6.28. The normalized spacial score (nSPS) is 16.9. The fraction of sp³-hybridized carbons (Fsp3) is 0.286. The molecule has 0 radical (unpaired) electrons. The molecule has 4 nitrogen and oxygen atoms in total. The lowest BCUT2D eigenvalue weighted by atomic mass is 10.1. The van der Waals surface area contributed by atoms with Crippen molar-refractivity contribution in [1.82, 2.24) is 4.90 Å². The number of nitrogens with zero attached hydrogens (tertiary/aromatic N) is 1. The Hall–Kier alpha value is -1.53. The molecule has 1 aromatic carbocycles. The van der Waals surface area contributed by atoms with E-state index in [1.165, 1.54) is 16.7 Å². The van der Waals surface area contributed by atoms with E-state index in [2.05, 4.69) is 0 Å². The molecule has 1 aliphatic heterocycles. The lowest BCUT2D eigenvalue weighted by Gasteiger charge is -2.11. The summed E-state index contributed by atoms with van der Waals surface area (Å²) in [5, 5.41) is 0. The number of methoxy groups -OCH3 is 1. The fourth-order valence-corrected chi connectivity index (χ4v) is 2.99. The lowest BCUT2D eigenvalue weighted by Crippen LogP contribution is -2.22. The lowest BCUT2D eigenvalue weighted by molar-refractivity contribution is -0.121. The van der Waals surface area contributed by atoms with Gasteiger partial charge in [0.15, 0.2) is 11.5 Å². The smallest absolute Gasteiger partial charge is 0.265 e. The monoisotopic (exact) mass is 309 g/mol. The third-order valence-corrected chi connectivity index (χ3v) is 4.27. The maximum absolute atomic E-state index is 12.0. The van der Waals surface area contributed by atoms with E-state index < -0.39 is 0 Å². The number of amides is 1. The highest BCUT2D eigenvalue weighted by atomic mass is 32.2. The molecule has 0 bridgehead atoms. The van der Waals surface area contributed by atoms with Crippen molar-refractivity contribution in [3.63, 3.8) is 0 Å². The number of hydrogen-bond donors (Lipinski definition) is 0. The first kappa shape index (κ1) is 14.9. The summed E-state index contributed by atoms with van der Waals surface area (Å²) < 4.78 is 11.5. The molecular weight excluding hydrogens is 294 g/mol. The molecule has 1 heterocycles. The Morgan fingerprint density at radius 2 is 2.20 bits per heavy atom. The Morgan fingerprint density at radius 1 is 1.45 bits per heavy atom. The van der Waals surface area contributed by atoms with Gasteiger partial charge in [0.2, 0.25) is 0 Å². The van der Waals surface area contributed by atoms with Crippen LogP contribution < -0.4 is 9.47 Å². The highest BCUT2D eigenvalue weighted by Crippen LogP contribution is 2.36. The number of likely N-dealkylation sites (N-methyl/N-ethyl adjacent to an activating group) is 1. The maximum Gasteiger partial charge on any atom is 0.265 e. The minimum Gasteiger partial charge on any atom is -0.492 e. The van der Waals surface area contributed by atoms with Crippen LogP contribution in [0.5, 0.6) is 11.5 Å². The van der Waals surface area contributed by atoms with Gasteiger partial charge >= 0.3 is 0 Å². The molecule has 0 saturated carbocycles. The van der Waals surface area contributed by atoms with Gasteiger partial charge < -0.3 is 9.47 Å². The summed E-state index contributed by atoms with van der Waals surface area (Å²) >= 11 is 6.40. The van der Waals surface area contributed by atoms with Crippen molar-refractivity contribution in [2.75, 3.05) is 20.8 Å². The predicted molar refractivity (Wildman–Crippen MR) is 85.1 cm³/mol. The van der Waals surface area contributed by atoms with E-state index in [-0.39, 0.29) is 5.91 Å². The van der Waals surface area contributed by atoms with Gasteiger partial charge in [-0.2, -0.15) is 0 Å². The number of thioether (sulfide) groups is 1. The van der Waals surface area contributed by atoms with Crippen molar-refractivity contribution >= 4 is 40.3 Å². The van der Waals surface area contributed by atoms with Crippen LogP contribution in [0, 0.1) is 0 Å². The molecule has 1 saturated heterocycles. The molecule has 0 aromatic heterocycles. The summed E-state index contributed by atoms with van der Waals surface area (Å²) in [5.74, 6) is 1.19. The standard InChI is InChI=1S/C14H15NO3S2/c1-4-18-10-7-5-6-9(12(10)17-3)8-11-13(16)15(2)14(19)20-11/h5-8H,4H2,1-3H3/b11-8-. The van der Waals surface area contributed by atoms with Crippen LogP contribution >= 0.6 is 24.0 Å². The molecule has 0 atom stereocenters. The zero-order valence-electron chi connectivity index (χ0n) is 11.5. The van der Waals surface area contributed by atoms with Crippen LogP contribution in [0.1, 0.15) is 12.5 Å². The van der Waals surface area contributed by atoms with Crippen LogP contribution in [0.25, 0.3) is 6.08 Å². The average molecular weight is 309 g/mol. The van der Waals surface area contributed by atoms with Gasteiger partial charge in [0.25, 0.3) is 5.91 Å². The molecule has 1 fully saturated rings. The molecule has 0 aliphatic carbocycles. The summed E-state index contributed by atoms with van der Waals surface area (Å²) in [6.45, 7) is 2.46. The van der Waals surface area contributed by atoms with Crippen molar-refractivity contribution in [2.24, 2.45) is 0 Å². The van der Waals surface area contributed by atoms with Crippen molar-refractivity contribution < 1.29 is 14.3 Å². The highest BCUT2D eigenvalue weighted by molar-refractivity contribution is 8.26. The van der Waals surface area contributed by atoms with Crippen LogP contribution in [-0.2, 0) is 4.79 Å². The molecular formula is C14H15NO3S2. The van der Waals surface area contributed by atoms with Gasteiger partial charge in [-0.05, 0) is 19.1 Å². The topological polar surface area (TPSA) is 38.8 Å². The van der Waals surface area contributed by atoms with E-state index in [1.807, 2.05) is 25.1 Å². The molecule has 0 unspecified atom stereocenters. The van der Waals surface area contributed by atoms with Crippen molar-refractivity contribution in [2.45, 2.75) is 6.92 Å². The Labute approximate surface area is 127 Å². The summed E-state index contributed by atoms with van der Waals surface area (Å²) in [6.07, 6.45) is 1.78. The number of para-hydroxylation sites is 1. The Bertz CT molecular complexity index is 584. The summed E-state index contributed by atoms with van der Waals surface area (Å²) in [6, 6.07) is 5.58. The van der Waals surface area contributed by atoms with Gasteiger partial charge in [0.05, 0.1) is 18.6 Å². The van der Waals surface area contributed by atoms with Crippen LogP contribution in [0.4, 0.5) is 0 Å². The molecule has 106 valence electrons. The summed E-state index contributed by atoms with van der Waals surface area (Å²) in [7, 11) is 3.26. The molecule has 1 amide bonds. The van der Waals surface area contributed by atoms with E-state index in [0.717, 1.165) is 5.56 Å². The molecule has 20 heavy (non-hydrogen) atoms. The average Bonchev–Trinajstić information content (AvgIpc) is 2.67. The van der Waals surface area contributed by atoms with Gasteiger partial charge in [-0.1, -0.05) is 36.1 Å². The SMILES string of the molecule is CCOc1cccc(/C=C2\SC(=S)N(C)C2=O)c1OC. The number of ether oxygens (including phenoxy) is 2. The summed E-state index contributed by atoms with van der Waals surface area (Å²) in [4.78, 5) is 14.1. The number of thiocarbonyl (C=S) groups is 1.